The van der Waals surface area contributed by atoms with Crippen LogP contribution in [0.1, 0.15) is 18.4 Å². The second-order valence-electron chi connectivity index (χ2n) is 5.99. The Morgan fingerprint density at radius 2 is 1.93 bits per heavy atom. The zero-order valence-corrected chi connectivity index (χ0v) is 15.9. The lowest BCUT2D eigenvalue weighted by atomic mass is 10.1. The number of hydrogen-bond acceptors (Lipinski definition) is 5. The molecule has 27 heavy (non-hydrogen) atoms. The number of aromatic nitrogens is 2. The van der Waals surface area contributed by atoms with E-state index < -0.39 is 0 Å². The van der Waals surface area contributed by atoms with Gasteiger partial charge in [-0.1, -0.05) is 35.0 Å². The van der Waals surface area contributed by atoms with Crippen LogP contribution in [-0.4, -0.2) is 34.6 Å². The zero-order chi connectivity index (χ0) is 19.2. The van der Waals surface area contributed by atoms with Crippen LogP contribution in [0.25, 0.3) is 11.4 Å². The van der Waals surface area contributed by atoms with Crippen LogP contribution < -0.4 is 4.74 Å². The summed E-state index contributed by atoms with van der Waals surface area (Å²) in [5, 5.41) is 4.57. The maximum Gasteiger partial charge on any atom is 0.246 e. The lowest BCUT2D eigenvalue weighted by molar-refractivity contribution is -0.130. The summed E-state index contributed by atoms with van der Waals surface area (Å²) in [4.78, 5) is 18.3. The second kappa shape index (κ2) is 8.68. The van der Waals surface area contributed by atoms with Crippen molar-refractivity contribution in [2.24, 2.45) is 0 Å². The average molecular weight is 386 g/mol. The minimum absolute atomic E-state index is 0.0797. The number of ether oxygens (including phenoxy) is 1. The molecule has 1 amide bonds. The van der Waals surface area contributed by atoms with Gasteiger partial charge >= 0.3 is 0 Å². The zero-order valence-electron chi connectivity index (χ0n) is 15.2. The molecule has 0 bridgehead atoms. The molecule has 1 aromatic heterocycles. The maximum absolute atomic E-state index is 12.4. The molecule has 0 unspecified atom stereocenters. The first kappa shape index (κ1) is 18.9. The summed E-state index contributed by atoms with van der Waals surface area (Å²) in [6, 6.07) is 14.7. The molecule has 0 saturated carbocycles. The third-order valence-corrected chi connectivity index (χ3v) is 4.36. The van der Waals surface area contributed by atoms with Gasteiger partial charge in [0.05, 0.1) is 19.6 Å². The van der Waals surface area contributed by atoms with E-state index >= 15 is 0 Å². The molecule has 1 heterocycles. The van der Waals surface area contributed by atoms with Crippen LogP contribution in [0, 0.1) is 0 Å². The molecule has 6 nitrogen and oxygen atoms in total. The van der Waals surface area contributed by atoms with Crippen LogP contribution in [0.2, 0.25) is 5.02 Å². The smallest absolute Gasteiger partial charge is 0.246 e. The van der Waals surface area contributed by atoms with Crippen LogP contribution in [0.3, 0.4) is 0 Å². The molecule has 3 rings (SSSR count). The summed E-state index contributed by atoms with van der Waals surface area (Å²) >= 11 is 6.11. The fourth-order valence-electron chi connectivity index (χ4n) is 2.53. The Labute approximate surface area is 162 Å². The lowest BCUT2D eigenvalue weighted by Gasteiger charge is -2.15. The third kappa shape index (κ3) is 4.86. The first-order valence-corrected chi connectivity index (χ1v) is 8.97. The first-order chi connectivity index (χ1) is 13.1. The number of nitrogens with zero attached hydrogens (tertiary/aromatic N) is 3. The summed E-state index contributed by atoms with van der Waals surface area (Å²) in [7, 11) is 1.69. The Morgan fingerprint density at radius 3 is 2.63 bits per heavy atom. The lowest BCUT2D eigenvalue weighted by Crippen LogP contribution is -2.27. The van der Waals surface area contributed by atoms with Gasteiger partial charge in [-0.3, -0.25) is 4.79 Å². The van der Waals surface area contributed by atoms with Gasteiger partial charge < -0.3 is 14.2 Å². The minimum Gasteiger partial charge on any atom is -0.494 e. The van der Waals surface area contributed by atoms with Gasteiger partial charge in [-0.25, -0.2) is 0 Å². The number of rotatable bonds is 7. The van der Waals surface area contributed by atoms with Crippen molar-refractivity contribution >= 4 is 17.5 Å². The largest absolute Gasteiger partial charge is 0.494 e. The van der Waals surface area contributed by atoms with Crippen molar-refractivity contribution in [1.29, 1.82) is 0 Å². The minimum atomic E-state index is -0.0797. The highest BCUT2D eigenvalue weighted by atomic mass is 35.5. The predicted octanol–water partition coefficient (Wildman–Crippen LogP) is 3.99. The predicted molar refractivity (Wildman–Crippen MR) is 103 cm³/mol. The van der Waals surface area contributed by atoms with Gasteiger partial charge in [0.15, 0.2) is 0 Å². The Balaban J connectivity index is 1.62. The average Bonchev–Trinajstić information content (AvgIpc) is 3.13. The van der Waals surface area contributed by atoms with Crippen LogP contribution in [0.15, 0.2) is 53.1 Å². The molecule has 0 aliphatic heterocycles. The van der Waals surface area contributed by atoms with Gasteiger partial charge in [0.25, 0.3) is 0 Å². The fourth-order valence-corrected chi connectivity index (χ4v) is 2.74. The molecule has 0 radical (unpaired) electrons. The van der Waals surface area contributed by atoms with E-state index in [1.165, 1.54) is 0 Å². The van der Waals surface area contributed by atoms with Gasteiger partial charge in [0, 0.05) is 17.6 Å². The second-order valence-corrected chi connectivity index (χ2v) is 6.39. The van der Waals surface area contributed by atoms with Gasteiger partial charge in [0.2, 0.25) is 17.6 Å². The molecule has 0 saturated heterocycles. The van der Waals surface area contributed by atoms with Gasteiger partial charge in [-0.05, 0) is 42.8 Å². The summed E-state index contributed by atoms with van der Waals surface area (Å²) in [6.45, 7) is 2.77. The highest BCUT2D eigenvalue weighted by Crippen LogP contribution is 2.21. The highest BCUT2D eigenvalue weighted by Gasteiger charge is 2.16. The molecule has 140 valence electrons. The first-order valence-electron chi connectivity index (χ1n) is 8.60. The Hall–Kier alpha value is -2.86. The molecule has 0 atom stereocenters. The van der Waals surface area contributed by atoms with Crippen molar-refractivity contribution in [3.05, 3.63) is 65.0 Å². The maximum atomic E-state index is 12.4. The van der Waals surface area contributed by atoms with E-state index in [1.54, 1.807) is 18.0 Å². The molecule has 0 aliphatic rings. The molecular formula is C20H20ClN3O3. The van der Waals surface area contributed by atoms with Gasteiger partial charge in [-0.2, -0.15) is 4.98 Å². The quantitative estimate of drug-likeness (QED) is 0.615. The van der Waals surface area contributed by atoms with Crippen LogP contribution >= 0.6 is 11.6 Å². The number of hydrogen-bond donors (Lipinski definition) is 0. The Morgan fingerprint density at radius 1 is 1.19 bits per heavy atom. The Bertz CT molecular complexity index is 909. The molecule has 3 aromatic rings. The van der Waals surface area contributed by atoms with E-state index in [1.807, 2.05) is 49.4 Å². The van der Waals surface area contributed by atoms with Crippen molar-refractivity contribution in [3.63, 3.8) is 0 Å². The summed E-state index contributed by atoms with van der Waals surface area (Å²) in [5.74, 6) is 1.55. The monoisotopic (exact) mass is 385 g/mol. The van der Waals surface area contributed by atoms with E-state index in [4.69, 9.17) is 20.9 Å². The van der Waals surface area contributed by atoms with E-state index in [0.29, 0.717) is 23.3 Å². The number of carbonyl (C=O) groups excluding carboxylic acids is 1. The van der Waals surface area contributed by atoms with Crippen LogP contribution in [0.4, 0.5) is 0 Å². The number of benzene rings is 2. The van der Waals surface area contributed by atoms with Crippen molar-refractivity contribution in [3.8, 4) is 17.1 Å². The van der Waals surface area contributed by atoms with E-state index in [-0.39, 0.29) is 18.9 Å². The normalized spacial score (nSPS) is 10.6. The van der Waals surface area contributed by atoms with Gasteiger partial charge in [-0.15, -0.1) is 0 Å². The highest BCUT2D eigenvalue weighted by molar-refractivity contribution is 6.31. The SMILES string of the molecule is CCOc1ccc(-c2noc(CN(C)C(=O)Cc3ccccc3Cl)n2)cc1. The summed E-state index contributed by atoms with van der Waals surface area (Å²) in [5.41, 5.74) is 1.61. The number of amides is 1. The van der Waals surface area contributed by atoms with Crippen LogP contribution in [0.5, 0.6) is 5.75 Å². The van der Waals surface area contributed by atoms with E-state index in [2.05, 4.69) is 10.1 Å². The molecule has 0 aliphatic carbocycles. The summed E-state index contributed by atoms with van der Waals surface area (Å²) in [6.07, 6.45) is 0.218. The molecule has 7 heteroatoms. The van der Waals surface area contributed by atoms with E-state index in [9.17, 15) is 4.79 Å². The van der Waals surface area contributed by atoms with Crippen molar-refractivity contribution in [1.82, 2.24) is 15.0 Å². The van der Waals surface area contributed by atoms with Crippen molar-refractivity contribution in [2.75, 3.05) is 13.7 Å². The molecule has 2 aromatic carbocycles. The van der Waals surface area contributed by atoms with Crippen molar-refractivity contribution < 1.29 is 14.1 Å². The number of carbonyl (C=O) groups is 1. The molecular weight excluding hydrogens is 366 g/mol. The topological polar surface area (TPSA) is 68.5 Å². The number of likely N-dealkylation sites (N-methyl/N-ethyl adjacent to an activating group) is 1. The number of halogens is 1. The summed E-state index contributed by atoms with van der Waals surface area (Å²) < 4.78 is 10.7. The molecule has 0 fully saturated rings. The van der Waals surface area contributed by atoms with Crippen molar-refractivity contribution in [2.45, 2.75) is 19.9 Å². The van der Waals surface area contributed by atoms with Gasteiger partial charge in [0.1, 0.15) is 5.75 Å². The van der Waals surface area contributed by atoms with E-state index in [0.717, 1.165) is 16.9 Å². The molecule has 0 spiro atoms. The molecule has 0 N–H and O–H groups in total. The Kier molecular flexibility index (Phi) is 6.08. The van der Waals surface area contributed by atoms with Crippen LogP contribution in [-0.2, 0) is 17.8 Å². The standard InChI is InChI=1S/C20H20ClN3O3/c1-3-26-16-10-8-14(9-11-16)20-22-18(27-23-20)13-24(2)19(25)12-15-6-4-5-7-17(15)21/h4-11H,3,12-13H2,1-2H3. The third-order valence-electron chi connectivity index (χ3n) is 3.99. The fraction of sp³-hybridized carbons (Fsp3) is 0.250.